The van der Waals surface area contributed by atoms with Crippen molar-refractivity contribution in [3.8, 4) is 0 Å². The Morgan fingerprint density at radius 1 is 0.900 bits per heavy atom. The van der Waals surface area contributed by atoms with E-state index in [0.717, 1.165) is 29.0 Å². The second-order valence-electron chi connectivity index (χ2n) is 9.71. The molecule has 0 fully saturated rings. The summed E-state index contributed by atoms with van der Waals surface area (Å²) in [6, 6.07) is 15.9. The van der Waals surface area contributed by atoms with E-state index in [9.17, 15) is 18.8 Å². The molecule has 0 atom stereocenters. The fourth-order valence-electron chi connectivity index (χ4n) is 4.27. The van der Waals surface area contributed by atoms with Crippen LogP contribution < -0.4 is 16.0 Å². The lowest BCUT2D eigenvalue weighted by molar-refractivity contribution is -0.124. The highest BCUT2D eigenvalue weighted by Gasteiger charge is 2.18. The van der Waals surface area contributed by atoms with Gasteiger partial charge in [-0.2, -0.15) is 0 Å². The summed E-state index contributed by atoms with van der Waals surface area (Å²) in [4.78, 5) is 38.2. The molecule has 0 aliphatic heterocycles. The molecule has 0 saturated heterocycles. The van der Waals surface area contributed by atoms with E-state index in [4.69, 9.17) is 23.2 Å². The van der Waals surface area contributed by atoms with Crippen molar-refractivity contribution < 1.29 is 18.8 Å². The summed E-state index contributed by atoms with van der Waals surface area (Å²) in [6.07, 6.45) is 0.779. The van der Waals surface area contributed by atoms with Gasteiger partial charge in [-0.1, -0.05) is 50.0 Å². The van der Waals surface area contributed by atoms with Crippen LogP contribution >= 0.6 is 23.2 Å². The van der Waals surface area contributed by atoms with Crippen LogP contribution in [0.1, 0.15) is 53.6 Å². The van der Waals surface area contributed by atoms with Crippen molar-refractivity contribution in [2.75, 3.05) is 10.6 Å². The Morgan fingerprint density at radius 3 is 2.35 bits per heavy atom. The minimum absolute atomic E-state index is 0.0861. The van der Waals surface area contributed by atoms with Gasteiger partial charge in [-0.15, -0.1) is 0 Å². The van der Waals surface area contributed by atoms with E-state index in [1.165, 1.54) is 12.1 Å². The van der Waals surface area contributed by atoms with Crippen molar-refractivity contribution in [3.63, 3.8) is 0 Å². The molecule has 4 rings (SSSR count). The van der Waals surface area contributed by atoms with Gasteiger partial charge in [0.25, 0.3) is 11.8 Å². The summed E-state index contributed by atoms with van der Waals surface area (Å²) in [7, 11) is 0. The molecular formula is C30H29Cl2FN4O3. The van der Waals surface area contributed by atoms with Crippen LogP contribution in [0.15, 0.2) is 60.7 Å². The SMILES string of the molecule is CCCn1c(C(=O)Nc2cc(F)cc(Cl)c2)cc2cc(NC(=O)c3cc(CNC(=O)C(C)C)ccc3Cl)ccc21. The molecule has 3 aromatic carbocycles. The molecule has 3 amide bonds. The van der Waals surface area contributed by atoms with Gasteiger partial charge in [-0.05, 0) is 66.6 Å². The largest absolute Gasteiger partial charge is 0.352 e. The van der Waals surface area contributed by atoms with E-state index in [-0.39, 0.29) is 39.7 Å². The molecule has 10 heteroatoms. The fourth-order valence-corrected chi connectivity index (χ4v) is 4.70. The number of carbonyl (C=O) groups excluding carboxylic acids is 3. The van der Waals surface area contributed by atoms with Gasteiger partial charge < -0.3 is 20.5 Å². The molecule has 1 aromatic heterocycles. The maximum Gasteiger partial charge on any atom is 0.272 e. The summed E-state index contributed by atoms with van der Waals surface area (Å²) >= 11 is 12.2. The van der Waals surface area contributed by atoms with Crippen LogP contribution in [0.2, 0.25) is 10.0 Å². The minimum Gasteiger partial charge on any atom is -0.352 e. The van der Waals surface area contributed by atoms with Gasteiger partial charge in [0.1, 0.15) is 11.5 Å². The highest BCUT2D eigenvalue weighted by molar-refractivity contribution is 6.34. The summed E-state index contributed by atoms with van der Waals surface area (Å²) in [6.45, 7) is 6.47. The number of anilines is 2. The van der Waals surface area contributed by atoms with Crippen molar-refractivity contribution in [3.05, 3.63) is 93.3 Å². The van der Waals surface area contributed by atoms with Crippen molar-refractivity contribution in [2.24, 2.45) is 5.92 Å². The molecule has 208 valence electrons. The molecule has 0 radical (unpaired) electrons. The van der Waals surface area contributed by atoms with Crippen LogP contribution in [-0.2, 0) is 17.9 Å². The highest BCUT2D eigenvalue weighted by atomic mass is 35.5. The number of aryl methyl sites for hydroxylation is 1. The molecule has 3 N–H and O–H groups in total. The van der Waals surface area contributed by atoms with Gasteiger partial charge in [0, 0.05) is 46.3 Å². The lowest BCUT2D eigenvalue weighted by Gasteiger charge is -2.12. The molecule has 0 unspecified atom stereocenters. The fraction of sp³-hybridized carbons (Fsp3) is 0.233. The van der Waals surface area contributed by atoms with Gasteiger partial charge in [0.15, 0.2) is 0 Å². The number of nitrogens with one attached hydrogen (secondary N) is 3. The highest BCUT2D eigenvalue weighted by Crippen LogP contribution is 2.27. The molecule has 0 saturated carbocycles. The number of fused-ring (bicyclic) bond motifs is 1. The van der Waals surface area contributed by atoms with Crippen LogP contribution in [0, 0.1) is 11.7 Å². The summed E-state index contributed by atoms with van der Waals surface area (Å²) in [5, 5.41) is 9.60. The average molecular weight is 583 g/mol. The Labute approximate surface area is 241 Å². The quantitative estimate of drug-likeness (QED) is 0.194. The van der Waals surface area contributed by atoms with E-state index >= 15 is 0 Å². The van der Waals surface area contributed by atoms with E-state index < -0.39 is 17.6 Å². The third-order valence-electron chi connectivity index (χ3n) is 6.23. The zero-order chi connectivity index (χ0) is 29.0. The first kappa shape index (κ1) is 29.1. The Morgan fingerprint density at radius 2 is 1.65 bits per heavy atom. The molecule has 4 aromatic rings. The van der Waals surface area contributed by atoms with Crippen LogP contribution in [0.3, 0.4) is 0 Å². The Bertz CT molecular complexity index is 1580. The summed E-state index contributed by atoms with van der Waals surface area (Å²) in [5.74, 6) is -1.61. The first-order valence-corrected chi connectivity index (χ1v) is 13.6. The first-order valence-electron chi connectivity index (χ1n) is 12.8. The number of benzene rings is 3. The van der Waals surface area contributed by atoms with Crippen LogP contribution in [0.4, 0.5) is 15.8 Å². The maximum absolute atomic E-state index is 13.8. The van der Waals surface area contributed by atoms with Crippen LogP contribution in [0.25, 0.3) is 10.9 Å². The second kappa shape index (κ2) is 12.5. The Balaban J connectivity index is 1.57. The van der Waals surface area contributed by atoms with Gasteiger partial charge >= 0.3 is 0 Å². The zero-order valence-electron chi connectivity index (χ0n) is 22.3. The third kappa shape index (κ3) is 6.81. The van der Waals surface area contributed by atoms with Gasteiger partial charge in [-0.25, -0.2) is 4.39 Å². The molecule has 40 heavy (non-hydrogen) atoms. The number of aromatic nitrogens is 1. The number of amides is 3. The Hall–Kier alpha value is -3.88. The molecule has 7 nitrogen and oxygen atoms in total. The number of rotatable bonds is 9. The predicted molar refractivity (Wildman–Crippen MR) is 158 cm³/mol. The number of hydrogen-bond acceptors (Lipinski definition) is 3. The van der Waals surface area contributed by atoms with Crippen molar-refractivity contribution in [2.45, 2.75) is 40.3 Å². The number of nitrogens with zero attached hydrogens (tertiary/aromatic N) is 1. The van der Waals surface area contributed by atoms with Crippen molar-refractivity contribution in [1.29, 1.82) is 0 Å². The monoisotopic (exact) mass is 582 g/mol. The summed E-state index contributed by atoms with van der Waals surface area (Å²) in [5.41, 5.74) is 2.98. The van der Waals surface area contributed by atoms with Gasteiger partial charge in [0.05, 0.1) is 10.6 Å². The molecule has 0 aliphatic carbocycles. The van der Waals surface area contributed by atoms with Crippen molar-refractivity contribution >= 4 is 63.2 Å². The molecule has 0 aliphatic rings. The minimum atomic E-state index is -0.553. The van der Waals surface area contributed by atoms with Crippen LogP contribution in [0.5, 0.6) is 0 Å². The second-order valence-corrected chi connectivity index (χ2v) is 10.6. The van der Waals surface area contributed by atoms with Gasteiger partial charge in [0.2, 0.25) is 5.91 Å². The lowest BCUT2D eigenvalue weighted by atomic mass is 10.1. The molecule has 0 spiro atoms. The predicted octanol–water partition coefficient (Wildman–Crippen LogP) is 7.27. The topological polar surface area (TPSA) is 92.2 Å². The zero-order valence-corrected chi connectivity index (χ0v) is 23.8. The number of carbonyl (C=O) groups is 3. The number of halogens is 3. The molecular weight excluding hydrogens is 554 g/mol. The van der Waals surface area contributed by atoms with Gasteiger partial charge in [-0.3, -0.25) is 14.4 Å². The Kier molecular flexibility index (Phi) is 9.12. The molecule has 1 heterocycles. The van der Waals surface area contributed by atoms with E-state index in [1.54, 1.807) is 50.2 Å². The molecule has 0 bridgehead atoms. The summed E-state index contributed by atoms with van der Waals surface area (Å²) < 4.78 is 15.6. The third-order valence-corrected chi connectivity index (χ3v) is 6.77. The average Bonchev–Trinajstić information content (AvgIpc) is 3.25. The smallest absolute Gasteiger partial charge is 0.272 e. The van der Waals surface area contributed by atoms with E-state index in [1.807, 2.05) is 17.6 Å². The normalized spacial score (nSPS) is 11.1. The van der Waals surface area contributed by atoms with Crippen molar-refractivity contribution in [1.82, 2.24) is 9.88 Å². The number of hydrogen-bond donors (Lipinski definition) is 3. The van der Waals surface area contributed by atoms with E-state index in [0.29, 0.717) is 17.9 Å². The van der Waals surface area contributed by atoms with E-state index in [2.05, 4.69) is 16.0 Å². The van der Waals surface area contributed by atoms with Crippen LogP contribution in [-0.4, -0.2) is 22.3 Å². The lowest BCUT2D eigenvalue weighted by Crippen LogP contribution is -2.27. The standard InChI is InChI=1S/C30H29Cl2FN4O3/c1-4-9-37-26-8-6-22(11-19(26)12-27(37)30(40)36-23-14-20(31)13-21(33)15-23)35-29(39)24-10-18(5-7-25(24)32)16-34-28(38)17(2)3/h5-8,10-15,17H,4,9,16H2,1-3H3,(H,34,38)(H,35,39)(H,36,40). The first-order chi connectivity index (χ1) is 19.0. The maximum atomic E-state index is 13.8.